The fourth-order valence-corrected chi connectivity index (χ4v) is 2.54. The molecule has 1 heterocycles. The summed E-state index contributed by atoms with van der Waals surface area (Å²) >= 11 is 1.64. The number of thioether (sulfide) groups is 1. The van der Waals surface area contributed by atoms with E-state index in [0.717, 1.165) is 25.1 Å². The van der Waals surface area contributed by atoms with E-state index >= 15 is 0 Å². The van der Waals surface area contributed by atoms with E-state index in [9.17, 15) is 4.79 Å². The third-order valence-corrected chi connectivity index (χ3v) is 3.61. The van der Waals surface area contributed by atoms with E-state index in [1.165, 1.54) is 10.6 Å². The summed E-state index contributed by atoms with van der Waals surface area (Å²) in [6, 6.07) is 10.2. The zero-order chi connectivity index (χ0) is 11.9. The van der Waals surface area contributed by atoms with Crippen LogP contribution in [0.2, 0.25) is 0 Å². The highest BCUT2D eigenvalue weighted by Gasteiger charge is 2.17. The molecule has 1 saturated heterocycles. The lowest BCUT2D eigenvalue weighted by Crippen LogP contribution is -2.36. The molecule has 1 amide bonds. The molecule has 2 rings (SSSR count). The molecule has 0 bridgehead atoms. The predicted octanol–water partition coefficient (Wildman–Crippen LogP) is 2.47. The minimum atomic E-state index is 0.0885. The second-order valence-corrected chi connectivity index (χ2v) is 5.00. The van der Waals surface area contributed by atoms with Crippen molar-refractivity contribution in [1.82, 2.24) is 5.06 Å². The summed E-state index contributed by atoms with van der Waals surface area (Å²) in [4.78, 5) is 17.1. The van der Waals surface area contributed by atoms with Crippen LogP contribution in [0.15, 0.2) is 30.3 Å². The quantitative estimate of drug-likeness (QED) is 0.823. The van der Waals surface area contributed by atoms with Crippen molar-refractivity contribution in [1.29, 1.82) is 0 Å². The third kappa shape index (κ3) is 4.06. The van der Waals surface area contributed by atoms with Gasteiger partial charge in [-0.1, -0.05) is 30.3 Å². The number of benzene rings is 1. The highest BCUT2D eigenvalue weighted by atomic mass is 32.2. The molecule has 1 aromatic rings. The van der Waals surface area contributed by atoms with Gasteiger partial charge in [-0.3, -0.25) is 9.63 Å². The second kappa shape index (κ2) is 6.67. The first-order valence-electron chi connectivity index (χ1n) is 5.91. The molecule has 1 fully saturated rings. The van der Waals surface area contributed by atoms with Crippen LogP contribution in [0.25, 0.3) is 0 Å². The van der Waals surface area contributed by atoms with Crippen molar-refractivity contribution in [2.45, 2.75) is 18.6 Å². The fraction of sp³-hybridized carbons (Fsp3) is 0.462. The van der Waals surface area contributed by atoms with Crippen LogP contribution in [0, 0.1) is 0 Å². The molecule has 0 radical (unpaired) electrons. The van der Waals surface area contributed by atoms with E-state index < -0.39 is 0 Å². The van der Waals surface area contributed by atoms with Gasteiger partial charge >= 0.3 is 0 Å². The van der Waals surface area contributed by atoms with Crippen molar-refractivity contribution in [3.05, 3.63) is 35.9 Å². The smallest absolute Gasteiger partial charge is 0.256 e. The molecule has 1 aromatic carbocycles. The molecule has 17 heavy (non-hydrogen) atoms. The molecule has 0 spiro atoms. The van der Waals surface area contributed by atoms with Crippen LogP contribution in [0.5, 0.6) is 0 Å². The van der Waals surface area contributed by atoms with Crippen LogP contribution in [-0.4, -0.2) is 29.9 Å². The van der Waals surface area contributed by atoms with E-state index in [0.29, 0.717) is 12.4 Å². The van der Waals surface area contributed by atoms with Crippen molar-refractivity contribution in [3.63, 3.8) is 0 Å². The number of hydrogen-bond acceptors (Lipinski definition) is 3. The van der Waals surface area contributed by atoms with E-state index in [1.54, 1.807) is 11.8 Å². The van der Waals surface area contributed by atoms with E-state index in [4.69, 9.17) is 4.84 Å². The Morgan fingerprint density at radius 3 is 2.82 bits per heavy atom. The second-order valence-electron chi connectivity index (χ2n) is 4.01. The maximum Gasteiger partial charge on any atom is 0.256 e. The molecule has 0 aromatic heterocycles. The Hall–Kier alpha value is -1.00. The lowest BCUT2D eigenvalue weighted by Gasteiger charge is -2.25. The number of carbonyl (C=O) groups is 1. The number of amides is 1. The van der Waals surface area contributed by atoms with Crippen LogP contribution in [-0.2, 0) is 15.4 Å². The number of rotatable bonds is 4. The number of nitrogens with zero attached hydrogens (tertiary/aromatic N) is 1. The molecule has 0 saturated carbocycles. The Morgan fingerprint density at radius 2 is 2.12 bits per heavy atom. The zero-order valence-corrected chi connectivity index (χ0v) is 10.6. The average Bonchev–Trinajstić information content (AvgIpc) is 2.41. The standard InChI is InChI=1S/C13H17NO2S/c15-13(14-8-4-5-9-16-14)11-17-10-12-6-2-1-3-7-12/h1-3,6-7H,4-5,8-11H2. The molecule has 1 aliphatic rings. The summed E-state index contributed by atoms with van der Waals surface area (Å²) in [6.45, 7) is 1.42. The molecular formula is C13H17NO2S. The molecule has 3 nitrogen and oxygen atoms in total. The normalized spacial score (nSPS) is 15.9. The monoisotopic (exact) mass is 251 g/mol. The zero-order valence-electron chi connectivity index (χ0n) is 9.80. The molecule has 0 aliphatic carbocycles. The number of hydrogen-bond donors (Lipinski definition) is 0. The van der Waals surface area contributed by atoms with Gasteiger partial charge in [-0.2, -0.15) is 0 Å². The van der Waals surface area contributed by atoms with Gasteiger partial charge in [0, 0.05) is 12.3 Å². The summed E-state index contributed by atoms with van der Waals surface area (Å²) in [7, 11) is 0. The Kier molecular flexibility index (Phi) is 4.88. The maximum atomic E-state index is 11.8. The minimum absolute atomic E-state index is 0.0885. The third-order valence-electron chi connectivity index (χ3n) is 2.62. The Morgan fingerprint density at radius 1 is 1.29 bits per heavy atom. The van der Waals surface area contributed by atoms with Gasteiger partial charge in [-0.25, -0.2) is 5.06 Å². The molecule has 0 N–H and O–H groups in total. The SMILES string of the molecule is O=C(CSCc1ccccc1)N1CCCCO1. The van der Waals surface area contributed by atoms with Crippen molar-refractivity contribution >= 4 is 17.7 Å². The topological polar surface area (TPSA) is 29.5 Å². The van der Waals surface area contributed by atoms with Crippen LogP contribution >= 0.6 is 11.8 Å². The molecule has 0 atom stereocenters. The summed E-state index contributed by atoms with van der Waals surface area (Å²) in [5.41, 5.74) is 1.25. The summed E-state index contributed by atoms with van der Waals surface area (Å²) < 4.78 is 0. The maximum absolute atomic E-state index is 11.8. The summed E-state index contributed by atoms with van der Waals surface area (Å²) in [6.07, 6.45) is 2.11. The highest BCUT2D eigenvalue weighted by molar-refractivity contribution is 7.99. The van der Waals surface area contributed by atoms with Gasteiger partial charge in [0.1, 0.15) is 0 Å². The fourth-order valence-electron chi connectivity index (χ4n) is 1.70. The van der Waals surface area contributed by atoms with Crippen molar-refractivity contribution in [2.24, 2.45) is 0 Å². The summed E-state index contributed by atoms with van der Waals surface area (Å²) in [5.74, 6) is 1.46. The van der Waals surface area contributed by atoms with Crippen LogP contribution in [0.4, 0.5) is 0 Å². The first kappa shape index (κ1) is 12.5. The lowest BCUT2D eigenvalue weighted by atomic mass is 10.2. The van der Waals surface area contributed by atoms with Gasteiger partial charge < -0.3 is 0 Å². The van der Waals surface area contributed by atoms with Gasteiger partial charge in [0.2, 0.25) is 0 Å². The van der Waals surface area contributed by atoms with Crippen molar-refractivity contribution in [3.8, 4) is 0 Å². The summed E-state index contributed by atoms with van der Waals surface area (Å²) in [5, 5.41) is 1.52. The van der Waals surface area contributed by atoms with E-state index in [-0.39, 0.29) is 5.91 Å². The first-order valence-corrected chi connectivity index (χ1v) is 7.07. The van der Waals surface area contributed by atoms with Gasteiger partial charge in [0.25, 0.3) is 5.91 Å². The average molecular weight is 251 g/mol. The van der Waals surface area contributed by atoms with E-state index in [1.807, 2.05) is 18.2 Å². The van der Waals surface area contributed by atoms with Crippen molar-refractivity contribution < 1.29 is 9.63 Å². The molecule has 0 unspecified atom stereocenters. The molecule has 92 valence electrons. The van der Waals surface area contributed by atoms with Gasteiger partial charge in [0.15, 0.2) is 0 Å². The van der Waals surface area contributed by atoms with E-state index in [2.05, 4.69) is 12.1 Å². The van der Waals surface area contributed by atoms with Crippen LogP contribution in [0.1, 0.15) is 18.4 Å². The number of hydroxylamine groups is 2. The molecular weight excluding hydrogens is 234 g/mol. The van der Waals surface area contributed by atoms with Gasteiger partial charge in [0.05, 0.1) is 12.4 Å². The first-order chi connectivity index (χ1) is 8.36. The Bertz CT molecular complexity index is 350. The van der Waals surface area contributed by atoms with Gasteiger partial charge in [-0.05, 0) is 18.4 Å². The predicted molar refractivity (Wildman–Crippen MR) is 69.5 cm³/mol. The van der Waals surface area contributed by atoms with Crippen molar-refractivity contribution in [2.75, 3.05) is 18.9 Å². The molecule has 4 heteroatoms. The van der Waals surface area contributed by atoms with Crippen LogP contribution < -0.4 is 0 Å². The van der Waals surface area contributed by atoms with Gasteiger partial charge in [-0.15, -0.1) is 11.8 Å². The number of carbonyl (C=O) groups excluding carboxylic acids is 1. The molecule has 1 aliphatic heterocycles. The largest absolute Gasteiger partial charge is 0.272 e. The minimum Gasteiger partial charge on any atom is -0.272 e. The highest BCUT2D eigenvalue weighted by Crippen LogP contribution is 2.14. The Labute approximate surface area is 106 Å². The Balaban J connectivity index is 1.69. The van der Waals surface area contributed by atoms with Crippen LogP contribution in [0.3, 0.4) is 0 Å². The lowest BCUT2D eigenvalue weighted by molar-refractivity contribution is -0.194.